The SMILES string of the molecule is COc1ccc2c(c1)c(CC(=O)OCC(C(=O)O)c1ccccc1)c(C)n2C(=O)c1ccc(Cl)cc1. The molecular formula is C28H24ClNO6. The van der Waals surface area contributed by atoms with Gasteiger partial charge in [-0.3, -0.25) is 19.0 Å². The van der Waals surface area contributed by atoms with Crippen LogP contribution >= 0.6 is 11.6 Å². The number of halogens is 1. The van der Waals surface area contributed by atoms with E-state index in [0.717, 1.165) is 0 Å². The van der Waals surface area contributed by atoms with Crippen molar-refractivity contribution in [3.05, 3.63) is 100 Å². The van der Waals surface area contributed by atoms with Gasteiger partial charge in [0.1, 0.15) is 18.3 Å². The van der Waals surface area contributed by atoms with E-state index in [4.69, 9.17) is 21.1 Å². The maximum absolute atomic E-state index is 13.4. The summed E-state index contributed by atoms with van der Waals surface area (Å²) in [5.41, 5.74) is 2.78. The summed E-state index contributed by atoms with van der Waals surface area (Å²) in [7, 11) is 1.54. The Balaban J connectivity index is 1.65. The summed E-state index contributed by atoms with van der Waals surface area (Å²) in [6.07, 6.45) is -0.141. The average molecular weight is 506 g/mol. The molecule has 0 amide bonds. The number of hydrogen-bond donors (Lipinski definition) is 1. The molecule has 1 N–H and O–H groups in total. The zero-order valence-corrected chi connectivity index (χ0v) is 20.5. The van der Waals surface area contributed by atoms with Crippen LogP contribution in [0, 0.1) is 6.92 Å². The zero-order valence-electron chi connectivity index (χ0n) is 19.7. The normalized spacial score (nSPS) is 11.8. The molecule has 0 saturated heterocycles. The van der Waals surface area contributed by atoms with Crippen LogP contribution in [-0.4, -0.2) is 41.2 Å². The number of carbonyl (C=O) groups is 3. The Hall–Kier alpha value is -4.10. The maximum Gasteiger partial charge on any atom is 0.314 e. The Morgan fingerprint density at radius 2 is 1.69 bits per heavy atom. The van der Waals surface area contributed by atoms with Gasteiger partial charge in [-0.2, -0.15) is 0 Å². The smallest absolute Gasteiger partial charge is 0.314 e. The van der Waals surface area contributed by atoms with E-state index in [1.807, 2.05) is 0 Å². The topological polar surface area (TPSA) is 94.8 Å². The fourth-order valence-electron chi connectivity index (χ4n) is 4.16. The molecule has 4 rings (SSSR count). The number of carbonyl (C=O) groups excluding carboxylic acids is 2. The van der Waals surface area contributed by atoms with Crippen LogP contribution in [0.4, 0.5) is 0 Å². The van der Waals surface area contributed by atoms with Crippen molar-refractivity contribution < 1.29 is 29.0 Å². The largest absolute Gasteiger partial charge is 0.497 e. The molecule has 0 aliphatic rings. The van der Waals surface area contributed by atoms with Crippen LogP contribution in [0.2, 0.25) is 5.02 Å². The lowest BCUT2D eigenvalue weighted by atomic mass is 10.0. The second-order valence-corrected chi connectivity index (χ2v) is 8.69. The predicted octanol–water partition coefficient (Wildman–Crippen LogP) is 5.25. The Morgan fingerprint density at radius 3 is 2.33 bits per heavy atom. The molecule has 0 saturated carbocycles. The second kappa shape index (κ2) is 10.7. The first kappa shape index (κ1) is 25.0. The van der Waals surface area contributed by atoms with Crippen molar-refractivity contribution in [1.29, 1.82) is 0 Å². The van der Waals surface area contributed by atoms with Gasteiger partial charge in [0.2, 0.25) is 0 Å². The van der Waals surface area contributed by atoms with Crippen molar-refractivity contribution in [1.82, 2.24) is 4.57 Å². The number of benzene rings is 3. The van der Waals surface area contributed by atoms with Gasteiger partial charge in [0.25, 0.3) is 5.91 Å². The number of ether oxygens (including phenoxy) is 2. The second-order valence-electron chi connectivity index (χ2n) is 8.26. The molecule has 4 aromatic rings. The first-order valence-corrected chi connectivity index (χ1v) is 11.6. The molecule has 0 radical (unpaired) electrons. The van der Waals surface area contributed by atoms with E-state index in [1.165, 1.54) is 7.11 Å². The molecule has 1 heterocycles. The number of carboxylic acids is 1. The maximum atomic E-state index is 13.4. The molecule has 0 fully saturated rings. The van der Waals surface area contributed by atoms with E-state index in [0.29, 0.717) is 44.1 Å². The van der Waals surface area contributed by atoms with Crippen molar-refractivity contribution in [2.45, 2.75) is 19.3 Å². The van der Waals surface area contributed by atoms with E-state index in [9.17, 15) is 19.5 Å². The lowest BCUT2D eigenvalue weighted by Crippen LogP contribution is -2.21. The molecule has 0 aliphatic carbocycles. The minimum absolute atomic E-state index is 0.141. The summed E-state index contributed by atoms with van der Waals surface area (Å²) in [5.74, 6) is -2.36. The highest BCUT2D eigenvalue weighted by Crippen LogP contribution is 2.31. The number of aromatic nitrogens is 1. The van der Waals surface area contributed by atoms with Crippen LogP contribution in [0.1, 0.15) is 33.1 Å². The highest BCUT2D eigenvalue weighted by atomic mass is 35.5. The third-order valence-corrected chi connectivity index (χ3v) is 6.32. The lowest BCUT2D eigenvalue weighted by molar-refractivity contribution is -0.147. The Labute approximate surface area is 212 Å². The number of carboxylic acid groups (broad SMARTS) is 1. The van der Waals surface area contributed by atoms with Gasteiger partial charge in [0.15, 0.2) is 0 Å². The van der Waals surface area contributed by atoms with Crippen LogP contribution < -0.4 is 4.74 Å². The molecule has 0 spiro atoms. The van der Waals surface area contributed by atoms with Gasteiger partial charge in [-0.25, -0.2) is 0 Å². The van der Waals surface area contributed by atoms with Crippen molar-refractivity contribution in [2.75, 3.05) is 13.7 Å². The molecule has 184 valence electrons. The summed E-state index contributed by atoms with van der Waals surface area (Å²) in [5, 5.41) is 10.8. The molecule has 0 bridgehead atoms. The highest BCUT2D eigenvalue weighted by Gasteiger charge is 2.25. The number of rotatable bonds is 8. The monoisotopic (exact) mass is 505 g/mol. The summed E-state index contributed by atoms with van der Waals surface area (Å²) in [6, 6.07) is 20.4. The molecule has 7 nitrogen and oxygen atoms in total. The molecular weight excluding hydrogens is 482 g/mol. The van der Waals surface area contributed by atoms with Crippen molar-refractivity contribution >= 4 is 40.3 Å². The molecule has 36 heavy (non-hydrogen) atoms. The fraction of sp³-hybridized carbons (Fsp3) is 0.179. The number of esters is 1. The molecule has 1 atom stereocenters. The van der Waals surface area contributed by atoms with Gasteiger partial charge in [-0.1, -0.05) is 41.9 Å². The van der Waals surface area contributed by atoms with Crippen molar-refractivity contribution in [2.24, 2.45) is 0 Å². The Kier molecular flexibility index (Phi) is 7.41. The quantitative estimate of drug-likeness (QED) is 0.328. The van der Waals surface area contributed by atoms with Gasteiger partial charge in [0, 0.05) is 21.7 Å². The standard InChI is InChI=1S/C28H24ClNO6/c1-17-22(15-26(31)36-16-24(28(33)34)18-6-4-3-5-7-18)23-14-21(35-2)12-13-25(23)30(17)27(32)19-8-10-20(29)11-9-19/h3-14,24H,15-16H2,1-2H3,(H,33,34). The number of methoxy groups -OCH3 is 1. The van der Waals surface area contributed by atoms with Gasteiger partial charge < -0.3 is 14.6 Å². The third kappa shape index (κ3) is 5.11. The Bertz CT molecular complexity index is 1430. The molecule has 8 heteroatoms. The van der Waals surface area contributed by atoms with Crippen molar-refractivity contribution in [3.63, 3.8) is 0 Å². The van der Waals surface area contributed by atoms with Crippen LogP contribution in [0.25, 0.3) is 10.9 Å². The molecule has 1 unspecified atom stereocenters. The minimum Gasteiger partial charge on any atom is -0.497 e. The van der Waals surface area contributed by atoms with E-state index in [1.54, 1.807) is 84.3 Å². The minimum atomic E-state index is -1.08. The summed E-state index contributed by atoms with van der Waals surface area (Å²) in [6.45, 7) is 1.45. The fourth-order valence-corrected chi connectivity index (χ4v) is 4.29. The van der Waals surface area contributed by atoms with Gasteiger partial charge >= 0.3 is 11.9 Å². The summed E-state index contributed by atoms with van der Waals surface area (Å²) in [4.78, 5) is 38.0. The number of hydrogen-bond acceptors (Lipinski definition) is 5. The van der Waals surface area contributed by atoms with E-state index < -0.39 is 17.9 Å². The lowest BCUT2D eigenvalue weighted by Gasteiger charge is -2.13. The van der Waals surface area contributed by atoms with Crippen molar-refractivity contribution in [3.8, 4) is 5.75 Å². The number of fused-ring (bicyclic) bond motifs is 1. The average Bonchev–Trinajstić information content (AvgIpc) is 3.14. The van der Waals surface area contributed by atoms with Crippen LogP contribution in [0.5, 0.6) is 5.75 Å². The predicted molar refractivity (Wildman–Crippen MR) is 136 cm³/mol. The van der Waals surface area contributed by atoms with Gasteiger partial charge in [0.05, 0.1) is 19.0 Å². The zero-order chi connectivity index (χ0) is 25.8. The summed E-state index contributed by atoms with van der Waals surface area (Å²) < 4.78 is 12.3. The molecule has 0 aliphatic heterocycles. The first-order chi connectivity index (χ1) is 17.3. The number of nitrogens with zero attached hydrogens (tertiary/aromatic N) is 1. The summed E-state index contributed by atoms with van der Waals surface area (Å²) >= 11 is 5.97. The third-order valence-electron chi connectivity index (χ3n) is 6.07. The molecule has 3 aromatic carbocycles. The van der Waals surface area contributed by atoms with E-state index >= 15 is 0 Å². The Morgan fingerprint density at radius 1 is 1.00 bits per heavy atom. The van der Waals surface area contributed by atoms with E-state index in [2.05, 4.69) is 0 Å². The number of aliphatic carboxylic acids is 1. The van der Waals surface area contributed by atoms with Gasteiger partial charge in [-0.15, -0.1) is 0 Å². The van der Waals surface area contributed by atoms with Crippen LogP contribution in [-0.2, 0) is 20.7 Å². The van der Waals surface area contributed by atoms with Crippen LogP contribution in [0.3, 0.4) is 0 Å². The van der Waals surface area contributed by atoms with Gasteiger partial charge in [-0.05, 0) is 60.5 Å². The van der Waals surface area contributed by atoms with Crippen LogP contribution in [0.15, 0.2) is 72.8 Å². The first-order valence-electron chi connectivity index (χ1n) is 11.2. The highest BCUT2D eigenvalue weighted by molar-refractivity contribution is 6.30. The van der Waals surface area contributed by atoms with E-state index in [-0.39, 0.29) is 18.9 Å². The molecule has 1 aromatic heterocycles.